The molecule has 0 radical (unpaired) electrons. The molecule has 0 bridgehead atoms. The first-order chi connectivity index (χ1) is 9.82. The van der Waals surface area contributed by atoms with Crippen molar-refractivity contribution in [2.45, 2.75) is 71.8 Å². The highest BCUT2D eigenvalue weighted by Gasteiger charge is 2.24. The molecule has 0 heterocycles. The van der Waals surface area contributed by atoms with Crippen molar-refractivity contribution < 1.29 is 9.90 Å². The predicted octanol–water partition coefficient (Wildman–Crippen LogP) is 2.45. The zero-order valence-corrected chi connectivity index (χ0v) is 14.0. The Hall–Kier alpha value is -0.610. The number of carbonyl (C=O) groups excluding carboxylic acids is 1. The van der Waals surface area contributed by atoms with Crippen molar-refractivity contribution >= 4 is 5.91 Å². The van der Waals surface area contributed by atoms with E-state index < -0.39 is 0 Å². The molecule has 1 saturated carbocycles. The lowest BCUT2D eigenvalue weighted by molar-refractivity contribution is -0.121. The second-order valence-electron chi connectivity index (χ2n) is 7.66. The van der Waals surface area contributed by atoms with Gasteiger partial charge >= 0.3 is 0 Å². The van der Waals surface area contributed by atoms with Gasteiger partial charge in [-0.3, -0.25) is 4.79 Å². The summed E-state index contributed by atoms with van der Waals surface area (Å²) in [6.45, 7) is 8.12. The number of nitrogens with two attached hydrogens (primary N) is 1. The number of amides is 1. The fourth-order valence-corrected chi connectivity index (χ4v) is 3.21. The Balaban J connectivity index is 2.23. The van der Waals surface area contributed by atoms with E-state index in [-0.39, 0.29) is 17.4 Å². The maximum Gasteiger partial charge on any atom is 0.220 e. The van der Waals surface area contributed by atoms with Crippen LogP contribution in [-0.2, 0) is 4.79 Å². The number of aliphatic hydroxyl groups excluding tert-OH is 1. The Bertz CT molecular complexity index is 304. The van der Waals surface area contributed by atoms with Crippen LogP contribution in [0.25, 0.3) is 0 Å². The Labute approximate surface area is 129 Å². The van der Waals surface area contributed by atoms with Crippen molar-refractivity contribution in [2.24, 2.45) is 23.0 Å². The molecule has 124 valence electrons. The third-order valence-electron chi connectivity index (χ3n) is 4.86. The van der Waals surface area contributed by atoms with Gasteiger partial charge in [0.1, 0.15) is 0 Å². The van der Waals surface area contributed by atoms with Crippen LogP contribution < -0.4 is 11.1 Å². The van der Waals surface area contributed by atoms with E-state index in [9.17, 15) is 9.90 Å². The van der Waals surface area contributed by atoms with Crippen molar-refractivity contribution in [3.05, 3.63) is 0 Å². The van der Waals surface area contributed by atoms with Gasteiger partial charge in [0.15, 0.2) is 0 Å². The lowest BCUT2D eigenvalue weighted by Gasteiger charge is -2.30. The summed E-state index contributed by atoms with van der Waals surface area (Å²) in [6.07, 6.45) is 6.18. The molecular weight excluding hydrogens is 264 g/mol. The largest absolute Gasteiger partial charge is 0.393 e. The zero-order valence-electron chi connectivity index (χ0n) is 14.0. The molecule has 1 rings (SSSR count). The lowest BCUT2D eigenvalue weighted by atomic mass is 9.76. The molecule has 1 amide bonds. The van der Waals surface area contributed by atoms with Gasteiger partial charge in [0.25, 0.3) is 0 Å². The minimum Gasteiger partial charge on any atom is -0.393 e. The summed E-state index contributed by atoms with van der Waals surface area (Å²) in [5.74, 6) is 1.20. The van der Waals surface area contributed by atoms with Gasteiger partial charge in [-0.1, -0.05) is 20.8 Å². The first-order valence-electron chi connectivity index (χ1n) is 8.47. The molecular formula is C17H34N2O2. The number of hydrogen-bond donors (Lipinski definition) is 3. The molecule has 4 N–H and O–H groups in total. The number of nitrogens with one attached hydrogen (secondary N) is 1. The maximum atomic E-state index is 12.0. The van der Waals surface area contributed by atoms with E-state index >= 15 is 0 Å². The summed E-state index contributed by atoms with van der Waals surface area (Å²) < 4.78 is 0. The van der Waals surface area contributed by atoms with Crippen molar-refractivity contribution in [3.8, 4) is 0 Å². The number of rotatable bonds is 7. The van der Waals surface area contributed by atoms with Gasteiger partial charge in [-0.05, 0) is 62.3 Å². The van der Waals surface area contributed by atoms with Crippen LogP contribution in [0.1, 0.15) is 65.7 Å². The van der Waals surface area contributed by atoms with E-state index in [1.54, 1.807) is 0 Å². The first kappa shape index (κ1) is 18.4. The van der Waals surface area contributed by atoms with Crippen LogP contribution in [0.2, 0.25) is 0 Å². The second kappa shape index (κ2) is 8.74. The van der Waals surface area contributed by atoms with Gasteiger partial charge in [-0.2, -0.15) is 0 Å². The Morgan fingerprint density at radius 3 is 2.38 bits per heavy atom. The van der Waals surface area contributed by atoms with Crippen molar-refractivity contribution in [2.75, 3.05) is 13.1 Å². The van der Waals surface area contributed by atoms with Crippen LogP contribution in [-0.4, -0.2) is 30.2 Å². The molecule has 1 atom stereocenters. The van der Waals surface area contributed by atoms with Crippen LogP contribution in [0.5, 0.6) is 0 Å². The van der Waals surface area contributed by atoms with Gasteiger partial charge in [0.2, 0.25) is 5.91 Å². The van der Waals surface area contributed by atoms with E-state index in [1.165, 1.54) is 0 Å². The van der Waals surface area contributed by atoms with E-state index in [1.807, 2.05) is 0 Å². The highest BCUT2D eigenvalue weighted by molar-refractivity contribution is 5.75. The van der Waals surface area contributed by atoms with E-state index in [4.69, 9.17) is 5.73 Å². The molecule has 0 spiro atoms. The summed E-state index contributed by atoms with van der Waals surface area (Å²) in [6, 6.07) is 0. The minimum absolute atomic E-state index is 0.124. The van der Waals surface area contributed by atoms with Gasteiger partial charge in [0, 0.05) is 13.0 Å². The number of hydrogen-bond acceptors (Lipinski definition) is 3. The molecule has 1 aliphatic carbocycles. The Morgan fingerprint density at radius 2 is 1.86 bits per heavy atom. The van der Waals surface area contributed by atoms with Gasteiger partial charge in [0.05, 0.1) is 6.10 Å². The summed E-state index contributed by atoms with van der Waals surface area (Å²) in [4.78, 5) is 12.0. The maximum absolute atomic E-state index is 12.0. The lowest BCUT2D eigenvalue weighted by Crippen LogP contribution is -2.33. The summed E-state index contributed by atoms with van der Waals surface area (Å²) in [7, 11) is 0. The summed E-state index contributed by atoms with van der Waals surface area (Å²) >= 11 is 0. The Kier molecular flexibility index (Phi) is 7.67. The van der Waals surface area contributed by atoms with Gasteiger partial charge in [-0.25, -0.2) is 0 Å². The normalized spacial score (nSPS) is 24.6. The molecule has 0 aromatic carbocycles. The molecule has 21 heavy (non-hydrogen) atoms. The van der Waals surface area contributed by atoms with Crippen molar-refractivity contribution in [3.63, 3.8) is 0 Å². The molecule has 1 aliphatic rings. The number of carbonyl (C=O) groups is 1. The smallest absolute Gasteiger partial charge is 0.220 e. The molecule has 0 saturated heterocycles. The van der Waals surface area contributed by atoms with Crippen LogP contribution >= 0.6 is 0 Å². The average molecular weight is 298 g/mol. The summed E-state index contributed by atoms with van der Waals surface area (Å²) in [5.41, 5.74) is 5.89. The third-order valence-corrected chi connectivity index (χ3v) is 4.86. The van der Waals surface area contributed by atoms with E-state index in [2.05, 4.69) is 26.1 Å². The van der Waals surface area contributed by atoms with Crippen molar-refractivity contribution in [1.82, 2.24) is 5.32 Å². The van der Waals surface area contributed by atoms with Crippen LogP contribution in [0, 0.1) is 17.3 Å². The van der Waals surface area contributed by atoms with Crippen molar-refractivity contribution in [1.29, 1.82) is 0 Å². The average Bonchev–Trinajstić information content (AvgIpc) is 2.41. The van der Waals surface area contributed by atoms with E-state index in [0.29, 0.717) is 24.8 Å². The fourth-order valence-electron chi connectivity index (χ4n) is 3.21. The standard InChI is InChI=1S/C17H34N2O2/c1-17(2,3)14(10-11-18)6-9-16(21)19-12-13-4-7-15(20)8-5-13/h13-15,20H,4-12,18H2,1-3H3,(H,19,21). The van der Waals surface area contributed by atoms with Gasteiger partial charge < -0.3 is 16.2 Å². The zero-order chi connectivity index (χ0) is 15.9. The Morgan fingerprint density at radius 1 is 1.24 bits per heavy atom. The first-order valence-corrected chi connectivity index (χ1v) is 8.47. The molecule has 0 aromatic rings. The molecule has 0 aromatic heterocycles. The SMILES string of the molecule is CC(C)(C)C(CCN)CCC(=O)NCC1CCC(O)CC1. The molecule has 4 nitrogen and oxygen atoms in total. The molecule has 1 unspecified atom stereocenters. The molecule has 0 aliphatic heterocycles. The number of aliphatic hydroxyl groups is 1. The highest BCUT2D eigenvalue weighted by Crippen LogP contribution is 2.32. The predicted molar refractivity (Wildman–Crippen MR) is 86.8 cm³/mol. The fraction of sp³-hybridized carbons (Fsp3) is 0.941. The van der Waals surface area contributed by atoms with Gasteiger partial charge in [-0.15, -0.1) is 0 Å². The molecule has 4 heteroatoms. The van der Waals surface area contributed by atoms with Crippen LogP contribution in [0.3, 0.4) is 0 Å². The summed E-state index contributed by atoms with van der Waals surface area (Å²) in [5, 5.41) is 12.5. The topological polar surface area (TPSA) is 75.4 Å². The van der Waals surface area contributed by atoms with Crippen LogP contribution in [0.4, 0.5) is 0 Å². The van der Waals surface area contributed by atoms with Crippen LogP contribution in [0.15, 0.2) is 0 Å². The van der Waals surface area contributed by atoms with E-state index in [0.717, 1.165) is 45.1 Å². The quantitative estimate of drug-likeness (QED) is 0.676. The minimum atomic E-state index is -0.124. The molecule has 1 fully saturated rings. The highest BCUT2D eigenvalue weighted by atomic mass is 16.3. The third kappa shape index (κ3) is 7.28. The second-order valence-corrected chi connectivity index (χ2v) is 7.66. The monoisotopic (exact) mass is 298 g/mol.